The molecule has 2 N–H and O–H groups in total. The normalized spacial score (nSPS) is 12.2. The average molecular weight is 256 g/mol. The number of carbonyl (C=O) groups is 2. The molecule has 0 aliphatic rings. The summed E-state index contributed by atoms with van der Waals surface area (Å²) in [5, 5.41) is 5.94. The maximum atomic E-state index is 11.5. The van der Waals surface area contributed by atoms with Gasteiger partial charge in [-0.1, -0.05) is 6.08 Å². The van der Waals surface area contributed by atoms with Crippen molar-refractivity contribution in [1.29, 1.82) is 0 Å². The number of carbonyl (C=O) groups excluding carboxylic acids is 2. The molecule has 0 heterocycles. The Morgan fingerprint density at radius 1 is 1.28 bits per heavy atom. The fourth-order valence-electron chi connectivity index (χ4n) is 1.25. The van der Waals surface area contributed by atoms with Crippen molar-refractivity contribution < 1.29 is 14.3 Å². The fourth-order valence-corrected chi connectivity index (χ4v) is 1.25. The number of esters is 1. The molecule has 0 radical (unpaired) electrons. The Kier molecular flexibility index (Phi) is 7.27. The van der Waals surface area contributed by atoms with Crippen LogP contribution in [0.4, 0.5) is 0 Å². The molecule has 18 heavy (non-hydrogen) atoms. The molecule has 1 amide bonds. The van der Waals surface area contributed by atoms with Crippen LogP contribution in [0.25, 0.3) is 0 Å². The Hall–Kier alpha value is -1.36. The zero-order chi connectivity index (χ0) is 14.2. The molecule has 104 valence electrons. The molecule has 0 atom stereocenters. The van der Waals surface area contributed by atoms with Crippen LogP contribution in [0.1, 0.15) is 34.1 Å². The van der Waals surface area contributed by atoms with Gasteiger partial charge in [-0.3, -0.25) is 4.79 Å². The monoisotopic (exact) mass is 256 g/mol. The highest BCUT2D eigenvalue weighted by Gasteiger charge is 2.12. The topological polar surface area (TPSA) is 67.4 Å². The largest absolute Gasteiger partial charge is 0.466 e. The van der Waals surface area contributed by atoms with Crippen LogP contribution in [0.5, 0.6) is 0 Å². The van der Waals surface area contributed by atoms with E-state index in [9.17, 15) is 9.59 Å². The van der Waals surface area contributed by atoms with E-state index in [1.807, 2.05) is 20.8 Å². The van der Waals surface area contributed by atoms with Gasteiger partial charge in [-0.05, 0) is 27.7 Å². The number of hydrogen-bond donors (Lipinski definition) is 2. The summed E-state index contributed by atoms with van der Waals surface area (Å²) in [6.45, 7) is 8.65. The highest BCUT2D eigenvalue weighted by atomic mass is 16.5. The van der Waals surface area contributed by atoms with E-state index in [4.69, 9.17) is 0 Å². The average Bonchev–Trinajstić information content (AvgIpc) is 2.24. The first-order chi connectivity index (χ1) is 8.26. The number of hydrogen-bond acceptors (Lipinski definition) is 4. The quantitative estimate of drug-likeness (QED) is 0.423. The number of amides is 1. The second-order valence-electron chi connectivity index (χ2n) is 5.13. The van der Waals surface area contributed by atoms with Crippen LogP contribution in [0.3, 0.4) is 0 Å². The Bertz CT molecular complexity index is 317. The molecule has 5 heteroatoms. The minimum absolute atomic E-state index is 0.0173. The molecule has 0 fully saturated rings. The first kappa shape index (κ1) is 16.6. The lowest BCUT2D eigenvalue weighted by atomic mass is 10.1. The highest BCUT2D eigenvalue weighted by Crippen LogP contribution is 1.98. The molecule has 0 aromatic carbocycles. The van der Waals surface area contributed by atoms with Gasteiger partial charge in [-0.15, -0.1) is 0 Å². The first-order valence-corrected chi connectivity index (χ1v) is 6.03. The molecule has 0 bridgehead atoms. The van der Waals surface area contributed by atoms with Crippen LogP contribution in [0.15, 0.2) is 11.6 Å². The van der Waals surface area contributed by atoms with Crippen molar-refractivity contribution in [1.82, 2.24) is 10.6 Å². The number of methoxy groups -OCH3 is 1. The maximum Gasteiger partial charge on any atom is 0.333 e. The van der Waals surface area contributed by atoms with E-state index in [0.717, 1.165) is 0 Å². The van der Waals surface area contributed by atoms with Gasteiger partial charge in [0.05, 0.1) is 7.11 Å². The minimum Gasteiger partial charge on any atom is -0.466 e. The van der Waals surface area contributed by atoms with Crippen molar-refractivity contribution >= 4 is 11.9 Å². The molecule has 0 rings (SSSR count). The summed E-state index contributed by atoms with van der Waals surface area (Å²) >= 11 is 0. The van der Waals surface area contributed by atoms with Crippen LogP contribution in [0.2, 0.25) is 0 Å². The summed E-state index contributed by atoms with van der Waals surface area (Å²) in [4.78, 5) is 22.5. The van der Waals surface area contributed by atoms with E-state index in [1.54, 1.807) is 13.0 Å². The third-order valence-corrected chi connectivity index (χ3v) is 2.10. The molecule has 0 unspecified atom stereocenters. The van der Waals surface area contributed by atoms with E-state index in [0.29, 0.717) is 25.1 Å². The van der Waals surface area contributed by atoms with Crippen molar-refractivity contribution in [2.24, 2.45) is 0 Å². The van der Waals surface area contributed by atoms with Crippen molar-refractivity contribution in [3.8, 4) is 0 Å². The predicted molar refractivity (Wildman–Crippen MR) is 71.2 cm³/mol. The summed E-state index contributed by atoms with van der Waals surface area (Å²) in [5.74, 6) is -0.314. The molecule has 0 aromatic rings. The van der Waals surface area contributed by atoms with Crippen LogP contribution < -0.4 is 10.6 Å². The first-order valence-electron chi connectivity index (χ1n) is 6.03. The third kappa shape index (κ3) is 8.75. The standard InChI is InChI=1S/C13H24N2O3/c1-10(12(17)18-5)6-8-14-9-7-11(16)15-13(2,3)4/h6,14H,7-9H2,1-5H3,(H,15,16). The van der Waals surface area contributed by atoms with Gasteiger partial charge in [0.1, 0.15) is 0 Å². The number of nitrogens with one attached hydrogen (secondary N) is 2. The van der Waals surface area contributed by atoms with E-state index in [-0.39, 0.29) is 17.4 Å². The number of rotatable bonds is 6. The van der Waals surface area contributed by atoms with Gasteiger partial charge in [-0.2, -0.15) is 0 Å². The lowest BCUT2D eigenvalue weighted by Crippen LogP contribution is -2.41. The molecule has 5 nitrogen and oxygen atoms in total. The molecule has 0 aliphatic carbocycles. The molecule has 0 spiro atoms. The Morgan fingerprint density at radius 3 is 2.39 bits per heavy atom. The van der Waals surface area contributed by atoms with Gasteiger partial charge < -0.3 is 15.4 Å². The summed E-state index contributed by atoms with van der Waals surface area (Å²) < 4.78 is 4.56. The highest BCUT2D eigenvalue weighted by molar-refractivity contribution is 5.87. The van der Waals surface area contributed by atoms with Crippen LogP contribution >= 0.6 is 0 Å². The smallest absolute Gasteiger partial charge is 0.333 e. The second kappa shape index (κ2) is 7.87. The summed E-state index contributed by atoms with van der Waals surface area (Å²) in [5.41, 5.74) is 0.363. The van der Waals surface area contributed by atoms with Gasteiger partial charge in [0, 0.05) is 30.6 Å². The Morgan fingerprint density at radius 2 is 1.89 bits per heavy atom. The molecule has 0 aromatic heterocycles. The zero-order valence-electron chi connectivity index (χ0n) is 11.9. The lowest BCUT2D eigenvalue weighted by molar-refractivity contribution is -0.136. The molecule has 0 aliphatic heterocycles. The van der Waals surface area contributed by atoms with E-state index in [2.05, 4.69) is 15.4 Å². The van der Waals surface area contributed by atoms with Crippen LogP contribution in [-0.2, 0) is 14.3 Å². The van der Waals surface area contributed by atoms with Gasteiger partial charge in [0.2, 0.25) is 5.91 Å². The molecular weight excluding hydrogens is 232 g/mol. The van der Waals surface area contributed by atoms with E-state index >= 15 is 0 Å². The maximum absolute atomic E-state index is 11.5. The van der Waals surface area contributed by atoms with Gasteiger partial charge >= 0.3 is 5.97 Å². The molecule has 0 saturated heterocycles. The third-order valence-electron chi connectivity index (χ3n) is 2.10. The van der Waals surface area contributed by atoms with Crippen LogP contribution in [-0.4, -0.2) is 37.6 Å². The van der Waals surface area contributed by atoms with E-state index < -0.39 is 0 Å². The summed E-state index contributed by atoms with van der Waals surface area (Å²) in [7, 11) is 1.35. The van der Waals surface area contributed by atoms with Crippen molar-refractivity contribution in [2.45, 2.75) is 39.7 Å². The lowest BCUT2D eigenvalue weighted by Gasteiger charge is -2.20. The van der Waals surface area contributed by atoms with Crippen LogP contribution in [0, 0.1) is 0 Å². The molecular formula is C13H24N2O3. The minimum atomic E-state index is -0.331. The van der Waals surface area contributed by atoms with Crippen molar-refractivity contribution in [2.75, 3.05) is 20.2 Å². The second-order valence-corrected chi connectivity index (χ2v) is 5.13. The Labute approximate surface area is 109 Å². The van der Waals surface area contributed by atoms with Gasteiger partial charge in [0.15, 0.2) is 0 Å². The predicted octanol–water partition coefficient (Wildman–Crippen LogP) is 1.00. The SMILES string of the molecule is COC(=O)C(C)=CCNCCC(=O)NC(C)(C)C. The molecule has 0 saturated carbocycles. The summed E-state index contributed by atoms with van der Waals surface area (Å²) in [6, 6.07) is 0. The van der Waals surface area contributed by atoms with Gasteiger partial charge in [0.25, 0.3) is 0 Å². The number of ether oxygens (including phenoxy) is 1. The zero-order valence-corrected chi connectivity index (χ0v) is 11.9. The Balaban J connectivity index is 3.75. The van der Waals surface area contributed by atoms with Crippen molar-refractivity contribution in [3.05, 3.63) is 11.6 Å². The summed E-state index contributed by atoms with van der Waals surface area (Å²) in [6.07, 6.45) is 2.16. The van der Waals surface area contributed by atoms with Crippen molar-refractivity contribution in [3.63, 3.8) is 0 Å². The fraction of sp³-hybridized carbons (Fsp3) is 0.692. The van der Waals surface area contributed by atoms with Gasteiger partial charge in [-0.25, -0.2) is 4.79 Å². The van der Waals surface area contributed by atoms with E-state index in [1.165, 1.54) is 7.11 Å².